The molecule has 0 spiro atoms. The van der Waals surface area contributed by atoms with Gasteiger partial charge in [0.1, 0.15) is 5.69 Å². The van der Waals surface area contributed by atoms with Gasteiger partial charge in [-0.05, 0) is 29.8 Å². The van der Waals surface area contributed by atoms with Crippen LogP contribution in [-0.4, -0.2) is 21.3 Å². The molecule has 3 aromatic carbocycles. The predicted molar refractivity (Wildman–Crippen MR) is 106 cm³/mol. The Hall–Kier alpha value is -3.53. The van der Waals surface area contributed by atoms with Crippen molar-refractivity contribution in [2.75, 3.05) is 0 Å². The number of hydrogen-bond donors (Lipinski definition) is 0. The third-order valence-corrected chi connectivity index (χ3v) is 4.63. The Kier molecular flexibility index (Phi) is 4.16. The SMILES string of the molecule is CC(=O)c1nn(-c2ccc(C)cc2)cc1C(=O)c1cccc2ccccc12. The minimum absolute atomic E-state index is 0.188. The molecule has 0 fully saturated rings. The molecule has 0 bridgehead atoms. The Morgan fingerprint density at radius 2 is 1.56 bits per heavy atom. The van der Waals surface area contributed by atoms with E-state index in [9.17, 15) is 9.59 Å². The van der Waals surface area contributed by atoms with Crippen LogP contribution in [0.1, 0.15) is 38.9 Å². The maximum atomic E-state index is 13.3. The van der Waals surface area contributed by atoms with E-state index in [2.05, 4.69) is 5.10 Å². The van der Waals surface area contributed by atoms with Crippen molar-refractivity contribution in [1.82, 2.24) is 9.78 Å². The second-order valence-electron chi connectivity index (χ2n) is 6.58. The summed E-state index contributed by atoms with van der Waals surface area (Å²) >= 11 is 0. The third kappa shape index (κ3) is 3.06. The van der Waals surface area contributed by atoms with Crippen LogP contribution in [0.2, 0.25) is 0 Å². The number of hydrogen-bond acceptors (Lipinski definition) is 3. The van der Waals surface area contributed by atoms with E-state index in [0.717, 1.165) is 22.0 Å². The number of aryl methyl sites for hydroxylation is 1. The summed E-state index contributed by atoms with van der Waals surface area (Å²) in [5.74, 6) is -0.431. The molecule has 0 radical (unpaired) electrons. The molecular formula is C23H18N2O2. The van der Waals surface area contributed by atoms with Gasteiger partial charge in [0.25, 0.3) is 0 Å². The van der Waals surface area contributed by atoms with E-state index in [1.165, 1.54) is 6.92 Å². The van der Waals surface area contributed by atoms with Gasteiger partial charge in [0.2, 0.25) is 0 Å². The number of nitrogens with zero attached hydrogens (tertiary/aromatic N) is 2. The first-order valence-corrected chi connectivity index (χ1v) is 8.75. The molecule has 0 saturated carbocycles. The molecular weight excluding hydrogens is 336 g/mol. The van der Waals surface area contributed by atoms with Crippen molar-refractivity contribution in [3.05, 3.63) is 95.3 Å². The highest BCUT2D eigenvalue weighted by atomic mass is 16.1. The lowest BCUT2D eigenvalue weighted by molar-refractivity contribution is 0.0987. The van der Waals surface area contributed by atoms with Crippen LogP contribution in [0.4, 0.5) is 0 Å². The van der Waals surface area contributed by atoms with Gasteiger partial charge in [0.15, 0.2) is 11.6 Å². The van der Waals surface area contributed by atoms with E-state index in [-0.39, 0.29) is 17.3 Å². The van der Waals surface area contributed by atoms with E-state index in [0.29, 0.717) is 11.1 Å². The summed E-state index contributed by atoms with van der Waals surface area (Å²) in [7, 11) is 0. The zero-order valence-corrected chi connectivity index (χ0v) is 15.1. The summed E-state index contributed by atoms with van der Waals surface area (Å²) in [6.07, 6.45) is 1.64. The van der Waals surface area contributed by atoms with Crippen LogP contribution in [0.25, 0.3) is 16.5 Å². The van der Waals surface area contributed by atoms with E-state index in [1.54, 1.807) is 16.9 Å². The van der Waals surface area contributed by atoms with Gasteiger partial charge in [-0.15, -0.1) is 0 Å². The van der Waals surface area contributed by atoms with Crippen molar-refractivity contribution >= 4 is 22.3 Å². The fraction of sp³-hybridized carbons (Fsp3) is 0.0870. The highest BCUT2D eigenvalue weighted by Crippen LogP contribution is 2.24. The molecule has 0 atom stereocenters. The van der Waals surface area contributed by atoms with Gasteiger partial charge in [0, 0.05) is 18.7 Å². The summed E-state index contributed by atoms with van der Waals surface area (Å²) in [4.78, 5) is 25.4. The number of carbonyl (C=O) groups excluding carboxylic acids is 2. The van der Waals surface area contributed by atoms with Gasteiger partial charge in [-0.2, -0.15) is 5.10 Å². The second-order valence-corrected chi connectivity index (χ2v) is 6.58. The molecule has 0 aliphatic heterocycles. The molecule has 1 aromatic heterocycles. The molecule has 4 aromatic rings. The lowest BCUT2D eigenvalue weighted by Gasteiger charge is -2.05. The second kappa shape index (κ2) is 6.65. The molecule has 1 heterocycles. The summed E-state index contributed by atoms with van der Waals surface area (Å²) in [6.45, 7) is 3.44. The fourth-order valence-corrected chi connectivity index (χ4v) is 3.20. The molecule has 0 aliphatic carbocycles. The van der Waals surface area contributed by atoms with Crippen molar-refractivity contribution < 1.29 is 9.59 Å². The van der Waals surface area contributed by atoms with Gasteiger partial charge >= 0.3 is 0 Å². The van der Waals surface area contributed by atoms with E-state index in [1.807, 2.05) is 67.6 Å². The van der Waals surface area contributed by atoms with E-state index < -0.39 is 0 Å². The first-order chi connectivity index (χ1) is 13.0. The number of benzene rings is 3. The Labute approximate surface area is 157 Å². The molecule has 4 nitrogen and oxygen atoms in total. The Balaban J connectivity index is 1.86. The number of Topliss-reactive ketones (excluding diaryl/α,β-unsaturated/α-hetero) is 1. The van der Waals surface area contributed by atoms with Crippen LogP contribution in [-0.2, 0) is 0 Å². The van der Waals surface area contributed by atoms with Gasteiger partial charge in [-0.1, -0.05) is 60.2 Å². The van der Waals surface area contributed by atoms with Crippen LogP contribution in [0, 0.1) is 6.92 Å². The molecule has 0 amide bonds. The van der Waals surface area contributed by atoms with Crippen molar-refractivity contribution in [3.63, 3.8) is 0 Å². The lowest BCUT2D eigenvalue weighted by Crippen LogP contribution is -2.07. The van der Waals surface area contributed by atoms with Crippen molar-refractivity contribution in [2.45, 2.75) is 13.8 Å². The number of aromatic nitrogens is 2. The fourth-order valence-electron chi connectivity index (χ4n) is 3.20. The molecule has 4 rings (SSSR count). The largest absolute Gasteiger partial charge is 0.293 e. The molecule has 0 N–H and O–H groups in total. The maximum Gasteiger partial charge on any atom is 0.197 e. The average molecular weight is 354 g/mol. The molecule has 0 saturated heterocycles. The zero-order chi connectivity index (χ0) is 19.0. The number of carbonyl (C=O) groups is 2. The third-order valence-electron chi connectivity index (χ3n) is 4.63. The van der Waals surface area contributed by atoms with Crippen LogP contribution < -0.4 is 0 Å². The van der Waals surface area contributed by atoms with Crippen molar-refractivity contribution in [1.29, 1.82) is 0 Å². The minimum atomic E-state index is -0.232. The predicted octanol–water partition coefficient (Wildman–Crippen LogP) is 4.77. The first-order valence-electron chi connectivity index (χ1n) is 8.75. The van der Waals surface area contributed by atoms with Crippen LogP contribution in [0.5, 0.6) is 0 Å². The topological polar surface area (TPSA) is 52.0 Å². The Morgan fingerprint density at radius 1 is 0.852 bits per heavy atom. The molecule has 4 heteroatoms. The first kappa shape index (κ1) is 16.9. The van der Waals surface area contributed by atoms with Crippen molar-refractivity contribution in [2.24, 2.45) is 0 Å². The normalized spacial score (nSPS) is 10.9. The zero-order valence-electron chi connectivity index (χ0n) is 15.1. The van der Waals surface area contributed by atoms with E-state index in [4.69, 9.17) is 0 Å². The summed E-state index contributed by atoms with van der Waals surface area (Å²) < 4.78 is 1.59. The van der Waals surface area contributed by atoms with Gasteiger partial charge in [-0.25, -0.2) is 4.68 Å². The monoisotopic (exact) mass is 354 g/mol. The molecule has 27 heavy (non-hydrogen) atoms. The van der Waals surface area contributed by atoms with Crippen LogP contribution in [0.15, 0.2) is 72.9 Å². The summed E-state index contributed by atoms with van der Waals surface area (Å²) in [6, 6.07) is 21.1. The molecule has 0 aliphatic rings. The maximum absolute atomic E-state index is 13.3. The highest BCUT2D eigenvalue weighted by Gasteiger charge is 2.22. The lowest BCUT2D eigenvalue weighted by atomic mass is 9.97. The van der Waals surface area contributed by atoms with Crippen LogP contribution in [0.3, 0.4) is 0 Å². The van der Waals surface area contributed by atoms with Crippen LogP contribution >= 0.6 is 0 Å². The Morgan fingerprint density at radius 3 is 2.30 bits per heavy atom. The summed E-state index contributed by atoms with van der Waals surface area (Å²) in [5.41, 5.74) is 3.01. The van der Waals surface area contributed by atoms with Crippen molar-refractivity contribution in [3.8, 4) is 5.69 Å². The summed E-state index contributed by atoms with van der Waals surface area (Å²) in [5, 5.41) is 6.23. The quantitative estimate of drug-likeness (QED) is 0.496. The average Bonchev–Trinajstić information content (AvgIpc) is 3.13. The molecule has 0 unspecified atom stereocenters. The van der Waals surface area contributed by atoms with Gasteiger partial charge in [-0.3, -0.25) is 9.59 Å². The Bertz CT molecular complexity index is 1170. The van der Waals surface area contributed by atoms with Gasteiger partial charge < -0.3 is 0 Å². The minimum Gasteiger partial charge on any atom is -0.293 e. The smallest absolute Gasteiger partial charge is 0.197 e. The molecule has 132 valence electrons. The standard InChI is InChI=1S/C23H18N2O2/c1-15-10-12-18(13-11-15)25-14-21(22(24-25)16(2)26)23(27)20-9-5-7-17-6-3-4-8-19(17)20/h3-14H,1-2H3. The van der Waals surface area contributed by atoms with E-state index >= 15 is 0 Å². The van der Waals surface area contributed by atoms with Gasteiger partial charge in [0.05, 0.1) is 11.3 Å². The number of rotatable bonds is 4. The number of fused-ring (bicyclic) bond motifs is 1. The highest BCUT2D eigenvalue weighted by molar-refractivity contribution is 6.19. The number of ketones is 2.